The lowest BCUT2D eigenvalue weighted by molar-refractivity contribution is -0.386. The summed E-state index contributed by atoms with van der Waals surface area (Å²) in [6.45, 7) is -0.0575. The highest BCUT2D eigenvalue weighted by Gasteiger charge is 2.45. The number of nitrogens with zero attached hydrogens (tertiary/aromatic N) is 1. The van der Waals surface area contributed by atoms with Crippen molar-refractivity contribution in [2.24, 2.45) is 0 Å². The number of methoxy groups -OCH3 is 1. The SMILES string of the molecule is COc1cc(C2(CO)CC2)cc([N+](=O)[O-])c1O. The number of aromatic hydroxyl groups is 1. The van der Waals surface area contributed by atoms with Crippen LogP contribution in [0.25, 0.3) is 0 Å². The zero-order valence-corrected chi connectivity index (χ0v) is 9.34. The lowest BCUT2D eigenvalue weighted by Crippen LogP contribution is -2.12. The van der Waals surface area contributed by atoms with E-state index in [1.54, 1.807) is 6.07 Å². The van der Waals surface area contributed by atoms with Crippen molar-refractivity contribution in [1.29, 1.82) is 0 Å². The fraction of sp³-hybridized carbons (Fsp3) is 0.455. The van der Waals surface area contributed by atoms with Crippen molar-refractivity contribution in [2.75, 3.05) is 13.7 Å². The van der Waals surface area contributed by atoms with Crippen LogP contribution in [0, 0.1) is 10.1 Å². The van der Waals surface area contributed by atoms with Gasteiger partial charge in [-0.25, -0.2) is 0 Å². The molecule has 1 saturated carbocycles. The predicted octanol–water partition coefficient (Wildman–Crippen LogP) is 1.33. The van der Waals surface area contributed by atoms with Crippen LogP contribution in [0.3, 0.4) is 0 Å². The maximum absolute atomic E-state index is 10.8. The van der Waals surface area contributed by atoms with Gasteiger partial charge in [0.15, 0.2) is 5.75 Å². The number of aliphatic hydroxyl groups is 1. The van der Waals surface area contributed by atoms with Crippen molar-refractivity contribution >= 4 is 5.69 Å². The molecule has 0 radical (unpaired) electrons. The number of phenolic OH excluding ortho intramolecular Hbond substituents is 1. The topological polar surface area (TPSA) is 92.8 Å². The molecule has 0 saturated heterocycles. The molecule has 0 unspecified atom stereocenters. The number of rotatable bonds is 4. The summed E-state index contributed by atoms with van der Waals surface area (Å²) < 4.78 is 4.91. The molecule has 2 N–H and O–H groups in total. The Morgan fingerprint density at radius 1 is 1.53 bits per heavy atom. The number of benzene rings is 1. The highest BCUT2D eigenvalue weighted by molar-refractivity contribution is 5.59. The van der Waals surface area contributed by atoms with Crippen molar-refractivity contribution in [1.82, 2.24) is 0 Å². The Kier molecular flexibility index (Phi) is 2.66. The predicted molar refractivity (Wildman–Crippen MR) is 59.3 cm³/mol. The second-order valence-electron chi connectivity index (χ2n) is 4.24. The minimum absolute atomic E-state index is 0.0575. The van der Waals surface area contributed by atoms with Crippen LogP contribution >= 0.6 is 0 Å². The molecule has 0 spiro atoms. The summed E-state index contributed by atoms with van der Waals surface area (Å²) in [5, 5.41) is 29.7. The quantitative estimate of drug-likeness (QED) is 0.610. The normalized spacial score (nSPS) is 16.6. The summed E-state index contributed by atoms with van der Waals surface area (Å²) in [4.78, 5) is 10.1. The minimum Gasteiger partial charge on any atom is -0.500 e. The van der Waals surface area contributed by atoms with Crippen LogP contribution in [0.1, 0.15) is 18.4 Å². The average molecular weight is 239 g/mol. The highest BCUT2D eigenvalue weighted by Crippen LogP contribution is 2.51. The molecule has 2 rings (SSSR count). The number of phenols is 1. The van der Waals surface area contributed by atoms with E-state index in [0.29, 0.717) is 5.56 Å². The number of nitro benzene ring substituents is 1. The summed E-state index contributed by atoms with van der Waals surface area (Å²) in [7, 11) is 1.33. The number of ether oxygens (including phenoxy) is 1. The molecule has 0 aliphatic heterocycles. The second kappa shape index (κ2) is 3.89. The first kappa shape index (κ1) is 11.7. The molecule has 0 bridgehead atoms. The van der Waals surface area contributed by atoms with Crippen LogP contribution in [0.15, 0.2) is 12.1 Å². The third-order valence-corrected chi connectivity index (χ3v) is 3.24. The van der Waals surface area contributed by atoms with E-state index in [9.17, 15) is 20.3 Å². The summed E-state index contributed by atoms with van der Waals surface area (Å²) >= 11 is 0. The van der Waals surface area contributed by atoms with E-state index in [0.717, 1.165) is 12.8 Å². The Hall–Kier alpha value is -1.82. The van der Waals surface area contributed by atoms with Crippen LogP contribution in [0.4, 0.5) is 5.69 Å². The molecule has 17 heavy (non-hydrogen) atoms. The van der Waals surface area contributed by atoms with E-state index in [-0.39, 0.29) is 18.0 Å². The summed E-state index contributed by atoms with van der Waals surface area (Å²) in [6, 6.07) is 2.85. The van der Waals surface area contributed by atoms with Crippen LogP contribution in [0.5, 0.6) is 11.5 Å². The van der Waals surface area contributed by atoms with Crippen molar-refractivity contribution in [3.63, 3.8) is 0 Å². The lowest BCUT2D eigenvalue weighted by Gasteiger charge is -2.14. The molecule has 0 atom stereocenters. The molecular weight excluding hydrogens is 226 g/mol. The molecule has 1 aromatic rings. The van der Waals surface area contributed by atoms with Gasteiger partial charge in [-0.1, -0.05) is 0 Å². The van der Waals surface area contributed by atoms with E-state index in [1.807, 2.05) is 0 Å². The number of aliphatic hydroxyl groups excluding tert-OH is 1. The fourth-order valence-corrected chi connectivity index (χ4v) is 1.88. The van der Waals surface area contributed by atoms with Gasteiger partial charge in [0, 0.05) is 11.5 Å². The highest BCUT2D eigenvalue weighted by atomic mass is 16.6. The first-order chi connectivity index (χ1) is 8.04. The summed E-state index contributed by atoms with van der Waals surface area (Å²) in [5.41, 5.74) is -0.147. The Balaban J connectivity index is 2.55. The van der Waals surface area contributed by atoms with Gasteiger partial charge in [-0.05, 0) is 24.5 Å². The Bertz CT molecular complexity index is 467. The summed E-state index contributed by atoms with van der Waals surface area (Å²) in [6.07, 6.45) is 1.57. The van der Waals surface area contributed by atoms with Crippen molar-refractivity contribution in [3.05, 3.63) is 27.8 Å². The molecule has 1 aliphatic rings. The van der Waals surface area contributed by atoms with Crippen molar-refractivity contribution < 1.29 is 19.9 Å². The number of nitro groups is 1. The Labute approximate surface area is 97.6 Å². The second-order valence-corrected chi connectivity index (χ2v) is 4.24. The first-order valence-electron chi connectivity index (χ1n) is 5.21. The third kappa shape index (κ3) is 1.80. The van der Waals surface area contributed by atoms with Gasteiger partial charge in [0.2, 0.25) is 5.75 Å². The zero-order chi connectivity index (χ0) is 12.6. The standard InChI is InChI=1S/C11H13NO5/c1-17-9-5-7(11(6-13)2-3-11)4-8(10(9)14)12(15)16/h4-5,13-14H,2-3,6H2,1H3. The van der Waals surface area contributed by atoms with Crippen LogP contribution in [-0.2, 0) is 5.41 Å². The fourth-order valence-electron chi connectivity index (χ4n) is 1.88. The van der Waals surface area contributed by atoms with Gasteiger partial charge in [0.05, 0.1) is 18.6 Å². The van der Waals surface area contributed by atoms with Gasteiger partial charge in [-0.2, -0.15) is 0 Å². The number of hydrogen-bond acceptors (Lipinski definition) is 5. The van der Waals surface area contributed by atoms with E-state index >= 15 is 0 Å². The Morgan fingerprint density at radius 2 is 2.18 bits per heavy atom. The van der Waals surface area contributed by atoms with E-state index < -0.39 is 16.1 Å². The molecule has 1 aliphatic carbocycles. The van der Waals surface area contributed by atoms with Gasteiger partial charge in [-0.3, -0.25) is 10.1 Å². The van der Waals surface area contributed by atoms with E-state index in [2.05, 4.69) is 0 Å². The van der Waals surface area contributed by atoms with Crippen LogP contribution in [-0.4, -0.2) is 28.9 Å². The molecule has 92 valence electrons. The van der Waals surface area contributed by atoms with Gasteiger partial charge in [-0.15, -0.1) is 0 Å². The zero-order valence-electron chi connectivity index (χ0n) is 9.34. The van der Waals surface area contributed by atoms with E-state index in [4.69, 9.17) is 4.74 Å². The maximum atomic E-state index is 10.8. The van der Waals surface area contributed by atoms with Crippen LogP contribution < -0.4 is 4.74 Å². The monoisotopic (exact) mass is 239 g/mol. The van der Waals surface area contributed by atoms with Crippen molar-refractivity contribution in [3.8, 4) is 11.5 Å². The number of hydrogen-bond donors (Lipinski definition) is 2. The summed E-state index contributed by atoms with van der Waals surface area (Å²) in [5.74, 6) is -0.413. The largest absolute Gasteiger partial charge is 0.500 e. The van der Waals surface area contributed by atoms with Gasteiger partial charge < -0.3 is 14.9 Å². The molecule has 6 nitrogen and oxygen atoms in total. The molecule has 0 aromatic heterocycles. The lowest BCUT2D eigenvalue weighted by atomic mass is 9.96. The van der Waals surface area contributed by atoms with Gasteiger partial charge >= 0.3 is 5.69 Å². The third-order valence-electron chi connectivity index (χ3n) is 3.24. The molecule has 6 heteroatoms. The smallest absolute Gasteiger partial charge is 0.314 e. The van der Waals surface area contributed by atoms with Gasteiger partial charge in [0.1, 0.15) is 0 Å². The molecule has 0 heterocycles. The maximum Gasteiger partial charge on any atom is 0.314 e. The van der Waals surface area contributed by atoms with Gasteiger partial charge in [0.25, 0.3) is 0 Å². The molecular formula is C11H13NO5. The molecule has 1 aromatic carbocycles. The van der Waals surface area contributed by atoms with E-state index in [1.165, 1.54) is 13.2 Å². The van der Waals surface area contributed by atoms with Crippen molar-refractivity contribution in [2.45, 2.75) is 18.3 Å². The molecule has 0 amide bonds. The minimum atomic E-state index is -0.658. The first-order valence-corrected chi connectivity index (χ1v) is 5.21. The Morgan fingerprint density at radius 3 is 2.59 bits per heavy atom. The van der Waals surface area contributed by atoms with Crippen LogP contribution in [0.2, 0.25) is 0 Å². The average Bonchev–Trinajstić information content (AvgIpc) is 3.10. The molecule has 1 fully saturated rings.